The standard InChI is InChI=1S/C20H31N5O/c1-15-12-21-16(2)19(22-15)25-11-10-23(3)20(14-25)7-6-18(26)24(9-8-20)13-17-4-5-17/h12,17H,4-11,13-14H2,1-3H3/t20-/m1/s1. The molecule has 1 aromatic rings. The first-order chi connectivity index (χ1) is 12.5. The molecule has 142 valence electrons. The first-order valence-electron chi connectivity index (χ1n) is 10.0. The fourth-order valence-electron chi connectivity index (χ4n) is 4.50. The predicted octanol–water partition coefficient (Wildman–Crippen LogP) is 2.01. The number of likely N-dealkylation sites (N-methyl/N-ethyl adjacent to an activating group) is 1. The summed E-state index contributed by atoms with van der Waals surface area (Å²) in [5, 5.41) is 0. The van der Waals surface area contributed by atoms with Gasteiger partial charge in [0.25, 0.3) is 0 Å². The van der Waals surface area contributed by atoms with Crippen LogP contribution in [0.25, 0.3) is 0 Å². The van der Waals surface area contributed by atoms with E-state index in [9.17, 15) is 4.79 Å². The van der Waals surface area contributed by atoms with Crippen molar-refractivity contribution in [3.05, 3.63) is 17.6 Å². The van der Waals surface area contributed by atoms with Gasteiger partial charge in [0.05, 0.1) is 11.4 Å². The SMILES string of the molecule is Cc1cnc(C)c(N2CCN(C)[C@@]3(CCC(=O)N(CC4CC4)CC3)C2)n1. The maximum atomic E-state index is 12.6. The van der Waals surface area contributed by atoms with Crippen LogP contribution in [0.15, 0.2) is 6.20 Å². The maximum absolute atomic E-state index is 12.6. The average Bonchev–Trinajstić information content (AvgIpc) is 3.45. The summed E-state index contributed by atoms with van der Waals surface area (Å²) in [4.78, 5) is 28.9. The summed E-state index contributed by atoms with van der Waals surface area (Å²) in [6, 6.07) is 0. The van der Waals surface area contributed by atoms with Crippen molar-refractivity contribution in [2.75, 3.05) is 44.7 Å². The molecule has 3 fully saturated rings. The topological polar surface area (TPSA) is 52.6 Å². The van der Waals surface area contributed by atoms with E-state index in [4.69, 9.17) is 4.98 Å². The average molecular weight is 358 g/mol. The molecule has 3 heterocycles. The lowest BCUT2D eigenvalue weighted by atomic mass is 9.86. The highest BCUT2D eigenvalue weighted by Gasteiger charge is 2.43. The molecule has 0 N–H and O–H groups in total. The number of aromatic nitrogens is 2. The van der Waals surface area contributed by atoms with E-state index in [0.717, 1.165) is 68.7 Å². The van der Waals surface area contributed by atoms with Crippen molar-refractivity contribution in [1.29, 1.82) is 0 Å². The molecule has 1 aliphatic carbocycles. The van der Waals surface area contributed by atoms with Gasteiger partial charge in [0.1, 0.15) is 5.82 Å². The number of likely N-dealkylation sites (tertiary alicyclic amines) is 1. The van der Waals surface area contributed by atoms with Crippen LogP contribution in [0.4, 0.5) is 5.82 Å². The number of piperazine rings is 1. The van der Waals surface area contributed by atoms with Gasteiger partial charge in [-0.1, -0.05) is 0 Å². The van der Waals surface area contributed by atoms with Gasteiger partial charge in [0.2, 0.25) is 5.91 Å². The van der Waals surface area contributed by atoms with Gasteiger partial charge in [-0.3, -0.25) is 14.7 Å². The molecule has 1 saturated carbocycles. The van der Waals surface area contributed by atoms with E-state index in [1.165, 1.54) is 12.8 Å². The monoisotopic (exact) mass is 357 g/mol. The van der Waals surface area contributed by atoms with Crippen LogP contribution in [0.5, 0.6) is 0 Å². The highest BCUT2D eigenvalue weighted by Crippen LogP contribution is 2.36. The van der Waals surface area contributed by atoms with Crippen LogP contribution in [0.3, 0.4) is 0 Å². The summed E-state index contributed by atoms with van der Waals surface area (Å²) in [7, 11) is 2.23. The third-order valence-corrected chi connectivity index (χ3v) is 6.53. The molecule has 1 aromatic heterocycles. The Hall–Kier alpha value is -1.69. The minimum atomic E-state index is 0.0596. The van der Waals surface area contributed by atoms with Crippen molar-refractivity contribution in [2.24, 2.45) is 5.92 Å². The zero-order chi connectivity index (χ0) is 18.3. The molecule has 2 saturated heterocycles. The van der Waals surface area contributed by atoms with Crippen LogP contribution < -0.4 is 4.90 Å². The highest BCUT2D eigenvalue weighted by atomic mass is 16.2. The molecule has 1 amide bonds. The summed E-state index contributed by atoms with van der Waals surface area (Å²) in [5.41, 5.74) is 2.02. The van der Waals surface area contributed by atoms with Crippen molar-refractivity contribution < 1.29 is 4.79 Å². The molecule has 0 aromatic carbocycles. The van der Waals surface area contributed by atoms with E-state index in [1.54, 1.807) is 0 Å². The van der Waals surface area contributed by atoms with Crippen LogP contribution in [-0.4, -0.2) is 71.0 Å². The van der Waals surface area contributed by atoms with Gasteiger partial charge in [-0.25, -0.2) is 4.98 Å². The lowest BCUT2D eigenvalue weighted by Crippen LogP contribution is -2.61. The van der Waals surface area contributed by atoms with Crippen molar-refractivity contribution in [2.45, 2.75) is 51.5 Å². The van der Waals surface area contributed by atoms with Gasteiger partial charge >= 0.3 is 0 Å². The number of rotatable bonds is 3. The number of amides is 1. The number of aryl methyl sites for hydroxylation is 2. The van der Waals surface area contributed by atoms with Crippen molar-refractivity contribution in [1.82, 2.24) is 19.8 Å². The Labute approximate surface area is 156 Å². The Kier molecular flexibility index (Phi) is 4.63. The fraction of sp³-hybridized carbons (Fsp3) is 0.750. The van der Waals surface area contributed by atoms with Crippen molar-refractivity contribution in [3.8, 4) is 0 Å². The Morgan fingerprint density at radius 3 is 2.77 bits per heavy atom. The normalized spacial score (nSPS) is 27.9. The molecule has 0 radical (unpaired) electrons. The first-order valence-corrected chi connectivity index (χ1v) is 10.0. The molecule has 2 aliphatic heterocycles. The number of hydrogen-bond donors (Lipinski definition) is 0. The fourth-order valence-corrected chi connectivity index (χ4v) is 4.50. The number of hydrogen-bond acceptors (Lipinski definition) is 5. The molecule has 6 heteroatoms. The van der Waals surface area contributed by atoms with Gasteiger partial charge in [-0.05, 0) is 52.5 Å². The smallest absolute Gasteiger partial charge is 0.222 e. The largest absolute Gasteiger partial charge is 0.352 e. The second-order valence-corrected chi connectivity index (χ2v) is 8.52. The third-order valence-electron chi connectivity index (χ3n) is 6.53. The van der Waals surface area contributed by atoms with Gasteiger partial charge in [0, 0.05) is 50.9 Å². The summed E-state index contributed by atoms with van der Waals surface area (Å²) in [5.74, 6) is 2.13. The van der Waals surface area contributed by atoms with E-state index in [-0.39, 0.29) is 5.54 Å². The van der Waals surface area contributed by atoms with E-state index >= 15 is 0 Å². The number of carbonyl (C=O) groups is 1. The molecular formula is C20H31N5O. The quantitative estimate of drug-likeness (QED) is 0.828. The molecule has 4 rings (SSSR count). The van der Waals surface area contributed by atoms with Crippen molar-refractivity contribution in [3.63, 3.8) is 0 Å². The van der Waals surface area contributed by atoms with Crippen LogP contribution in [0, 0.1) is 19.8 Å². The van der Waals surface area contributed by atoms with Crippen LogP contribution in [0.1, 0.15) is 43.5 Å². The van der Waals surface area contributed by atoms with Gasteiger partial charge < -0.3 is 9.80 Å². The number of carbonyl (C=O) groups excluding carboxylic acids is 1. The summed E-state index contributed by atoms with van der Waals surface area (Å²) < 4.78 is 0. The van der Waals surface area contributed by atoms with Crippen LogP contribution >= 0.6 is 0 Å². The first kappa shape index (κ1) is 17.7. The molecule has 3 aliphatic rings. The lowest BCUT2D eigenvalue weighted by molar-refractivity contribution is -0.130. The molecular weight excluding hydrogens is 326 g/mol. The third kappa shape index (κ3) is 3.43. The Morgan fingerprint density at radius 2 is 2.00 bits per heavy atom. The summed E-state index contributed by atoms with van der Waals surface area (Å²) in [6.45, 7) is 8.83. The Morgan fingerprint density at radius 1 is 1.19 bits per heavy atom. The predicted molar refractivity (Wildman–Crippen MR) is 102 cm³/mol. The maximum Gasteiger partial charge on any atom is 0.222 e. The zero-order valence-electron chi connectivity index (χ0n) is 16.4. The van der Waals surface area contributed by atoms with E-state index in [0.29, 0.717) is 12.3 Å². The number of anilines is 1. The van der Waals surface area contributed by atoms with E-state index in [1.807, 2.05) is 20.0 Å². The Bertz CT molecular complexity index is 689. The Balaban J connectivity index is 1.54. The highest BCUT2D eigenvalue weighted by molar-refractivity contribution is 5.76. The molecule has 1 atom stereocenters. The second-order valence-electron chi connectivity index (χ2n) is 8.52. The molecule has 1 spiro atoms. The molecule has 0 unspecified atom stereocenters. The molecule has 6 nitrogen and oxygen atoms in total. The van der Waals surface area contributed by atoms with Crippen LogP contribution in [0.2, 0.25) is 0 Å². The molecule has 26 heavy (non-hydrogen) atoms. The summed E-state index contributed by atoms with van der Waals surface area (Å²) >= 11 is 0. The minimum absolute atomic E-state index is 0.0596. The van der Waals surface area contributed by atoms with Gasteiger partial charge in [0.15, 0.2) is 0 Å². The summed E-state index contributed by atoms with van der Waals surface area (Å²) in [6.07, 6.45) is 7.10. The lowest BCUT2D eigenvalue weighted by Gasteiger charge is -2.49. The zero-order valence-corrected chi connectivity index (χ0v) is 16.4. The second kappa shape index (κ2) is 6.80. The van der Waals surface area contributed by atoms with Gasteiger partial charge in [-0.15, -0.1) is 0 Å². The van der Waals surface area contributed by atoms with Crippen molar-refractivity contribution >= 4 is 11.7 Å². The van der Waals surface area contributed by atoms with Gasteiger partial charge in [-0.2, -0.15) is 0 Å². The van der Waals surface area contributed by atoms with Crippen LogP contribution in [-0.2, 0) is 4.79 Å². The van der Waals surface area contributed by atoms with E-state index in [2.05, 4.69) is 26.7 Å². The molecule has 0 bridgehead atoms. The van der Waals surface area contributed by atoms with E-state index < -0.39 is 0 Å². The minimum Gasteiger partial charge on any atom is -0.352 e. The number of nitrogens with zero attached hydrogens (tertiary/aromatic N) is 5.